The van der Waals surface area contributed by atoms with Crippen LogP contribution >= 0.6 is 0 Å². The molecule has 3 nitrogen and oxygen atoms in total. The van der Waals surface area contributed by atoms with Gasteiger partial charge in [0.2, 0.25) is 0 Å². The first-order chi connectivity index (χ1) is 9.13. The van der Waals surface area contributed by atoms with Crippen LogP contribution in [-0.4, -0.2) is 35.7 Å². The predicted molar refractivity (Wildman–Crippen MR) is 78.3 cm³/mol. The Kier molecular flexibility index (Phi) is 5.24. The molecule has 0 aromatic carbocycles. The normalized spacial score (nSPS) is 34.4. The highest BCUT2D eigenvalue weighted by Crippen LogP contribution is 2.32. The maximum Gasteiger partial charge on any atom is 0.0638 e. The lowest BCUT2D eigenvalue weighted by atomic mass is 9.79. The van der Waals surface area contributed by atoms with Crippen LogP contribution in [0.1, 0.15) is 52.9 Å². The molecule has 3 unspecified atom stereocenters. The van der Waals surface area contributed by atoms with E-state index in [1.807, 2.05) is 0 Å². The predicted octanol–water partition coefficient (Wildman–Crippen LogP) is 3.28. The van der Waals surface area contributed by atoms with Gasteiger partial charge in [-0.1, -0.05) is 27.2 Å². The van der Waals surface area contributed by atoms with Gasteiger partial charge >= 0.3 is 0 Å². The third-order valence-electron chi connectivity index (χ3n) is 5.09. The number of hydrogen-bond donors (Lipinski definition) is 0. The first-order valence-electron chi connectivity index (χ1n) is 8.02. The zero-order valence-electron chi connectivity index (χ0n) is 12.8. The molecule has 2 aliphatic heterocycles. The number of nitriles is 1. The summed E-state index contributed by atoms with van der Waals surface area (Å²) < 4.78 is 0. The topological polar surface area (TPSA) is 30.3 Å². The van der Waals surface area contributed by atoms with E-state index in [2.05, 4.69) is 36.9 Å². The van der Waals surface area contributed by atoms with Crippen LogP contribution in [0.3, 0.4) is 0 Å². The summed E-state index contributed by atoms with van der Waals surface area (Å²) in [5.41, 5.74) is 0. The van der Waals surface area contributed by atoms with Crippen LogP contribution in [0.25, 0.3) is 0 Å². The summed E-state index contributed by atoms with van der Waals surface area (Å²) in [7, 11) is 0. The Hall–Kier alpha value is -0.590. The average Bonchev–Trinajstić information content (AvgIpc) is 2.39. The Bertz CT molecular complexity index is 320. The fourth-order valence-corrected chi connectivity index (χ4v) is 4.04. The monoisotopic (exact) mass is 263 g/mol. The van der Waals surface area contributed by atoms with E-state index in [4.69, 9.17) is 5.26 Å². The molecule has 2 rings (SSSR count). The van der Waals surface area contributed by atoms with Gasteiger partial charge in [0.05, 0.1) is 12.5 Å². The van der Waals surface area contributed by atoms with Crippen molar-refractivity contribution in [2.45, 2.75) is 58.9 Å². The van der Waals surface area contributed by atoms with Crippen molar-refractivity contribution < 1.29 is 0 Å². The lowest BCUT2D eigenvalue weighted by Gasteiger charge is -2.48. The van der Waals surface area contributed by atoms with E-state index in [0.717, 1.165) is 24.3 Å². The third-order valence-corrected chi connectivity index (χ3v) is 5.09. The average molecular weight is 263 g/mol. The maximum atomic E-state index is 9.01. The first kappa shape index (κ1) is 14.8. The molecule has 2 aliphatic rings. The van der Waals surface area contributed by atoms with Gasteiger partial charge in [0, 0.05) is 25.7 Å². The molecule has 2 fully saturated rings. The van der Waals surface area contributed by atoms with Gasteiger partial charge in [-0.25, -0.2) is 10.0 Å². The molecule has 0 spiro atoms. The summed E-state index contributed by atoms with van der Waals surface area (Å²) >= 11 is 0. The quantitative estimate of drug-likeness (QED) is 0.783. The highest BCUT2D eigenvalue weighted by molar-refractivity contribution is 4.87. The van der Waals surface area contributed by atoms with E-state index >= 15 is 0 Å². The van der Waals surface area contributed by atoms with E-state index in [0.29, 0.717) is 12.5 Å². The Morgan fingerprint density at radius 1 is 1.21 bits per heavy atom. The first-order valence-corrected chi connectivity index (χ1v) is 8.02. The molecule has 0 aromatic heterocycles. The molecule has 0 amide bonds. The molecule has 0 aliphatic carbocycles. The van der Waals surface area contributed by atoms with Gasteiger partial charge in [0.1, 0.15) is 0 Å². The van der Waals surface area contributed by atoms with Gasteiger partial charge in [0.25, 0.3) is 0 Å². The van der Waals surface area contributed by atoms with Crippen LogP contribution in [0.2, 0.25) is 0 Å². The molecular formula is C16H29N3. The third kappa shape index (κ3) is 3.49. The van der Waals surface area contributed by atoms with Crippen molar-refractivity contribution in [1.82, 2.24) is 10.0 Å². The maximum absolute atomic E-state index is 9.01. The molecule has 0 radical (unpaired) electrons. The zero-order chi connectivity index (χ0) is 13.8. The molecule has 0 aromatic rings. The summed E-state index contributed by atoms with van der Waals surface area (Å²) in [6.45, 7) is 10.7. The van der Waals surface area contributed by atoms with E-state index in [1.165, 1.54) is 38.8 Å². The number of rotatable bonds is 3. The highest BCUT2D eigenvalue weighted by atomic mass is 15.6. The molecule has 0 saturated carbocycles. The van der Waals surface area contributed by atoms with Gasteiger partial charge in [-0.3, -0.25) is 0 Å². The minimum atomic E-state index is 0.474. The molecule has 108 valence electrons. The van der Waals surface area contributed by atoms with Crippen LogP contribution < -0.4 is 0 Å². The standard InChI is InChI=1S/C16H29N3/c1-13(2)16-8-11-18(12-14(16)3)19-10-5-4-6-15(19)7-9-17/h13-16H,4-8,10-12H2,1-3H3. The van der Waals surface area contributed by atoms with E-state index < -0.39 is 0 Å². The number of hydrogen-bond acceptors (Lipinski definition) is 3. The summed E-state index contributed by atoms with van der Waals surface area (Å²) in [5, 5.41) is 14.1. The summed E-state index contributed by atoms with van der Waals surface area (Å²) in [5.74, 6) is 2.45. The van der Waals surface area contributed by atoms with Crippen molar-refractivity contribution >= 4 is 0 Å². The fourth-order valence-electron chi connectivity index (χ4n) is 4.04. The van der Waals surface area contributed by atoms with E-state index in [-0.39, 0.29) is 0 Å². The Morgan fingerprint density at radius 3 is 2.63 bits per heavy atom. The van der Waals surface area contributed by atoms with E-state index in [9.17, 15) is 0 Å². The molecule has 3 atom stereocenters. The van der Waals surface area contributed by atoms with Gasteiger partial charge in [-0.2, -0.15) is 5.26 Å². The van der Waals surface area contributed by atoms with Crippen molar-refractivity contribution in [3.05, 3.63) is 0 Å². The summed E-state index contributed by atoms with van der Waals surface area (Å²) in [6.07, 6.45) is 5.79. The van der Waals surface area contributed by atoms with Crippen LogP contribution in [0.4, 0.5) is 0 Å². The van der Waals surface area contributed by atoms with Crippen molar-refractivity contribution in [3.63, 3.8) is 0 Å². The number of nitrogens with zero attached hydrogens (tertiary/aromatic N) is 3. The van der Waals surface area contributed by atoms with Gasteiger partial charge in [0.15, 0.2) is 0 Å². The second-order valence-corrected chi connectivity index (χ2v) is 6.76. The highest BCUT2D eigenvalue weighted by Gasteiger charge is 2.34. The second kappa shape index (κ2) is 6.72. The van der Waals surface area contributed by atoms with Crippen molar-refractivity contribution in [1.29, 1.82) is 5.26 Å². The fraction of sp³-hybridized carbons (Fsp3) is 0.938. The molecule has 3 heteroatoms. The minimum Gasteiger partial charge on any atom is -0.241 e. The van der Waals surface area contributed by atoms with Crippen LogP contribution in [0, 0.1) is 29.1 Å². The van der Waals surface area contributed by atoms with Crippen LogP contribution in [0.15, 0.2) is 0 Å². The van der Waals surface area contributed by atoms with Crippen LogP contribution in [0.5, 0.6) is 0 Å². The Balaban J connectivity index is 1.96. The van der Waals surface area contributed by atoms with Crippen molar-refractivity contribution in [2.75, 3.05) is 19.6 Å². The lowest BCUT2D eigenvalue weighted by molar-refractivity contribution is -0.111. The van der Waals surface area contributed by atoms with Crippen molar-refractivity contribution in [2.24, 2.45) is 17.8 Å². The summed E-state index contributed by atoms with van der Waals surface area (Å²) in [4.78, 5) is 0. The van der Waals surface area contributed by atoms with E-state index in [1.54, 1.807) is 0 Å². The lowest BCUT2D eigenvalue weighted by Crippen LogP contribution is -2.55. The molecule has 2 heterocycles. The smallest absolute Gasteiger partial charge is 0.0638 e. The van der Waals surface area contributed by atoms with Crippen molar-refractivity contribution in [3.8, 4) is 6.07 Å². The number of hydrazine groups is 1. The van der Waals surface area contributed by atoms with Gasteiger partial charge in [-0.05, 0) is 37.0 Å². The zero-order valence-corrected chi connectivity index (χ0v) is 12.8. The minimum absolute atomic E-state index is 0.474. The second-order valence-electron chi connectivity index (χ2n) is 6.76. The number of piperidine rings is 2. The molecule has 19 heavy (non-hydrogen) atoms. The molecule has 0 bridgehead atoms. The SMILES string of the molecule is CC(C)C1CCN(N2CCCCC2CC#N)CC1C. The molecule has 0 N–H and O–H groups in total. The molecular weight excluding hydrogens is 234 g/mol. The van der Waals surface area contributed by atoms with Gasteiger partial charge < -0.3 is 0 Å². The Morgan fingerprint density at radius 2 is 2.00 bits per heavy atom. The van der Waals surface area contributed by atoms with Crippen LogP contribution in [-0.2, 0) is 0 Å². The Labute approximate surface area is 118 Å². The largest absolute Gasteiger partial charge is 0.241 e. The molecule has 2 saturated heterocycles. The van der Waals surface area contributed by atoms with Gasteiger partial charge in [-0.15, -0.1) is 0 Å². The summed E-state index contributed by atoms with van der Waals surface area (Å²) in [6, 6.07) is 2.85.